The van der Waals surface area contributed by atoms with Gasteiger partial charge < -0.3 is 14.4 Å². The minimum Gasteiger partial charge on any atom is -0.469 e. The van der Waals surface area contributed by atoms with E-state index in [-0.39, 0.29) is 24.0 Å². The summed E-state index contributed by atoms with van der Waals surface area (Å²) in [6.07, 6.45) is 11.0. The first-order valence-electron chi connectivity index (χ1n) is 13.3. The molecule has 0 radical (unpaired) electrons. The maximum atomic E-state index is 12.8. The number of carbonyl (C=O) groups is 3. The molecule has 0 aromatic heterocycles. The van der Waals surface area contributed by atoms with E-state index in [1.807, 2.05) is 18.2 Å². The highest BCUT2D eigenvalue weighted by atomic mass is 16.5. The Morgan fingerprint density at radius 3 is 2.40 bits per heavy atom. The third-order valence-corrected chi connectivity index (χ3v) is 6.76. The van der Waals surface area contributed by atoms with Gasteiger partial charge in [-0.2, -0.15) is 0 Å². The Morgan fingerprint density at radius 1 is 0.971 bits per heavy atom. The Labute approximate surface area is 211 Å². The van der Waals surface area contributed by atoms with E-state index in [1.165, 1.54) is 31.3 Å². The molecule has 2 rings (SSSR count). The number of amides is 3. The molecule has 7 nitrogen and oxygen atoms in total. The first-order valence-corrected chi connectivity index (χ1v) is 13.3. The molecule has 7 heteroatoms. The third kappa shape index (κ3) is 10.0. The summed E-state index contributed by atoms with van der Waals surface area (Å²) >= 11 is 0. The number of likely N-dealkylation sites (N-methyl/N-ethyl adjacent to an activating group) is 1. The lowest BCUT2D eigenvalue weighted by molar-refractivity contribution is -0.140. The topological polar surface area (TPSA) is 76.2 Å². The number of rotatable bonds is 18. The van der Waals surface area contributed by atoms with Crippen LogP contribution >= 0.6 is 0 Å². The van der Waals surface area contributed by atoms with Gasteiger partial charge in [0.1, 0.15) is 6.04 Å². The number of unbranched alkanes of at least 4 members (excludes halogenated alkanes) is 6. The zero-order valence-corrected chi connectivity index (χ0v) is 21.9. The molecule has 0 bridgehead atoms. The molecule has 3 amide bonds. The van der Waals surface area contributed by atoms with E-state index in [1.54, 1.807) is 11.9 Å². The van der Waals surface area contributed by atoms with Gasteiger partial charge in [0.25, 0.3) is 5.91 Å². The van der Waals surface area contributed by atoms with E-state index < -0.39 is 6.04 Å². The molecule has 0 N–H and O–H groups in total. The average Bonchev–Trinajstić information content (AvgIpc) is 3.08. The molecule has 196 valence electrons. The maximum absolute atomic E-state index is 12.8. The molecular formula is C28H44N2O5. The van der Waals surface area contributed by atoms with Crippen molar-refractivity contribution in [2.24, 2.45) is 0 Å². The van der Waals surface area contributed by atoms with Gasteiger partial charge in [0.05, 0.1) is 19.8 Å². The lowest BCUT2D eigenvalue weighted by Gasteiger charge is -2.25. The van der Waals surface area contributed by atoms with Crippen molar-refractivity contribution in [3.63, 3.8) is 0 Å². The average molecular weight is 489 g/mol. The predicted molar refractivity (Wildman–Crippen MR) is 137 cm³/mol. The van der Waals surface area contributed by atoms with E-state index in [0.717, 1.165) is 50.5 Å². The minimum absolute atomic E-state index is 0.0554. The van der Waals surface area contributed by atoms with Crippen LogP contribution in [0.4, 0.5) is 4.79 Å². The molecule has 0 saturated carbocycles. The molecule has 1 aromatic carbocycles. The molecular weight excluding hydrogens is 444 g/mol. The first kappa shape index (κ1) is 28.8. The van der Waals surface area contributed by atoms with Crippen molar-refractivity contribution < 1.29 is 23.9 Å². The summed E-state index contributed by atoms with van der Waals surface area (Å²) in [5, 5.41) is 0. The number of esters is 1. The first-order chi connectivity index (χ1) is 17.0. The molecule has 0 aliphatic carbocycles. The van der Waals surface area contributed by atoms with Crippen LogP contribution in [0.5, 0.6) is 0 Å². The van der Waals surface area contributed by atoms with Crippen LogP contribution in [0.2, 0.25) is 0 Å². The quantitative estimate of drug-likeness (QED) is 0.150. The van der Waals surface area contributed by atoms with Gasteiger partial charge in [0, 0.05) is 20.0 Å². The van der Waals surface area contributed by atoms with E-state index in [0.29, 0.717) is 26.0 Å². The zero-order chi connectivity index (χ0) is 25.5. The number of urea groups is 1. The molecule has 35 heavy (non-hydrogen) atoms. The fourth-order valence-corrected chi connectivity index (χ4v) is 4.55. The van der Waals surface area contributed by atoms with Crippen LogP contribution < -0.4 is 0 Å². The highest BCUT2D eigenvalue weighted by Gasteiger charge is 2.42. The summed E-state index contributed by atoms with van der Waals surface area (Å²) in [6.45, 7) is 3.28. The summed E-state index contributed by atoms with van der Waals surface area (Å²) in [5.41, 5.74) is 1.14. The van der Waals surface area contributed by atoms with Gasteiger partial charge in [-0.1, -0.05) is 82.2 Å². The van der Waals surface area contributed by atoms with Crippen molar-refractivity contribution in [1.82, 2.24) is 9.80 Å². The molecule has 1 heterocycles. The van der Waals surface area contributed by atoms with Gasteiger partial charge in [-0.05, 0) is 31.2 Å². The predicted octanol–water partition coefficient (Wildman–Crippen LogP) is 5.71. The molecule has 2 unspecified atom stereocenters. The minimum atomic E-state index is -0.400. The van der Waals surface area contributed by atoms with Crippen molar-refractivity contribution in [3.8, 4) is 0 Å². The Balaban J connectivity index is 1.87. The molecule has 1 saturated heterocycles. The van der Waals surface area contributed by atoms with Crippen LogP contribution in [0.15, 0.2) is 30.3 Å². The van der Waals surface area contributed by atoms with Gasteiger partial charge in [-0.25, -0.2) is 4.79 Å². The van der Waals surface area contributed by atoms with Crippen LogP contribution in [0.1, 0.15) is 89.5 Å². The SMILES string of the molecule is CCCCCCC(CCN1C(=O)N(C)C(=O)C1CCCCCCC(=O)OC)OCc1ccccc1. The Kier molecular flexibility index (Phi) is 13.4. The highest BCUT2D eigenvalue weighted by molar-refractivity contribution is 6.03. The second kappa shape index (κ2) is 16.3. The van der Waals surface area contributed by atoms with Crippen LogP contribution in [-0.2, 0) is 25.7 Å². The normalized spacial score (nSPS) is 16.7. The molecule has 1 aliphatic rings. The van der Waals surface area contributed by atoms with E-state index in [2.05, 4.69) is 23.8 Å². The summed E-state index contributed by atoms with van der Waals surface area (Å²) in [6, 6.07) is 9.54. The summed E-state index contributed by atoms with van der Waals surface area (Å²) in [4.78, 5) is 39.8. The molecule has 1 aliphatic heterocycles. The lowest BCUT2D eigenvalue weighted by atomic mass is 10.0. The van der Waals surface area contributed by atoms with Gasteiger partial charge in [0.2, 0.25) is 0 Å². The van der Waals surface area contributed by atoms with Gasteiger partial charge >= 0.3 is 12.0 Å². The number of ether oxygens (including phenoxy) is 2. The Hall–Kier alpha value is -2.41. The molecule has 1 fully saturated rings. The van der Waals surface area contributed by atoms with Gasteiger partial charge in [0.15, 0.2) is 0 Å². The van der Waals surface area contributed by atoms with Crippen molar-refractivity contribution in [1.29, 1.82) is 0 Å². The van der Waals surface area contributed by atoms with E-state index >= 15 is 0 Å². The lowest BCUT2D eigenvalue weighted by Crippen LogP contribution is -2.37. The summed E-state index contributed by atoms with van der Waals surface area (Å²) in [7, 11) is 2.97. The van der Waals surface area contributed by atoms with Crippen LogP contribution in [0, 0.1) is 0 Å². The van der Waals surface area contributed by atoms with E-state index in [9.17, 15) is 14.4 Å². The number of hydrogen-bond donors (Lipinski definition) is 0. The Morgan fingerprint density at radius 2 is 1.69 bits per heavy atom. The second-order valence-electron chi connectivity index (χ2n) is 9.47. The van der Waals surface area contributed by atoms with Crippen molar-refractivity contribution >= 4 is 17.9 Å². The number of hydrogen-bond acceptors (Lipinski definition) is 5. The van der Waals surface area contributed by atoms with Crippen molar-refractivity contribution in [2.75, 3.05) is 20.7 Å². The fourth-order valence-electron chi connectivity index (χ4n) is 4.55. The van der Waals surface area contributed by atoms with Gasteiger partial charge in [-0.3, -0.25) is 14.5 Å². The van der Waals surface area contributed by atoms with Crippen LogP contribution in [-0.4, -0.2) is 60.6 Å². The standard InChI is InChI=1S/C28H44N2O5/c1-4-5-6-12-17-24(35-22-23-15-10-9-11-16-23)20-21-30-25(27(32)29(2)28(30)33)18-13-7-8-14-19-26(31)34-3/h9-11,15-16,24-25H,4-8,12-14,17-22H2,1-3H3. The van der Waals surface area contributed by atoms with Crippen molar-refractivity contribution in [2.45, 2.75) is 103 Å². The number of nitrogens with zero attached hydrogens (tertiary/aromatic N) is 2. The smallest absolute Gasteiger partial charge is 0.327 e. The number of carbonyl (C=O) groups excluding carboxylic acids is 3. The van der Waals surface area contributed by atoms with Gasteiger partial charge in [-0.15, -0.1) is 0 Å². The zero-order valence-electron chi connectivity index (χ0n) is 21.9. The molecule has 1 aromatic rings. The maximum Gasteiger partial charge on any atom is 0.327 e. The summed E-state index contributed by atoms with van der Waals surface area (Å²) < 4.78 is 10.9. The van der Waals surface area contributed by atoms with Crippen LogP contribution in [0.3, 0.4) is 0 Å². The van der Waals surface area contributed by atoms with Crippen molar-refractivity contribution in [3.05, 3.63) is 35.9 Å². The number of imide groups is 1. The monoisotopic (exact) mass is 488 g/mol. The highest BCUT2D eigenvalue weighted by Crippen LogP contribution is 2.24. The third-order valence-electron chi connectivity index (χ3n) is 6.76. The largest absolute Gasteiger partial charge is 0.469 e. The van der Waals surface area contributed by atoms with E-state index in [4.69, 9.17) is 4.74 Å². The molecule has 2 atom stereocenters. The summed E-state index contributed by atoms with van der Waals surface area (Å²) in [5.74, 6) is -0.303. The fraction of sp³-hybridized carbons (Fsp3) is 0.679. The van der Waals surface area contributed by atoms with Crippen LogP contribution in [0.25, 0.3) is 0 Å². The number of methoxy groups -OCH3 is 1. The molecule has 0 spiro atoms. The Bertz CT molecular complexity index is 770. The number of benzene rings is 1. The second-order valence-corrected chi connectivity index (χ2v) is 9.47.